The fourth-order valence-electron chi connectivity index (χ4n) is 3.30. The van der Waals surface area contributed by atoms with Crippen LogP contribution >= 0.6 is 0 Å². The lowest BCUT2D eigenvalue weighted by molar-refractivity contribution is 0.0711. The summed E-state index contributed by atoms with van der Waals surface area (Å²) in [7, 11) is 0. The van der Waals surface area contributed by atoms with E-state index in [1.807, 2.05) is 6.92 Å². The maximum absolute atomic E-state index is 13.9. The Labute approximate surface area is 167 Å². The lowest BCUT2D eigenvalue weighted by Crippen LogP contribution is -2.20. The van der Waals surface area contributed by atoms with Crippen molar-refractivity contribution in [2.75, 3.05) is 11.5 Å². The lowest BCUT2D eigenvalue weighted by atomic mass is 9.95. The predicted molar refractivity (Wildman–Crippen MR) is 114 cm³/mol. The number of aliphatic hydroxyl groups is 1. The number of anilines is 2. The van der Waals surface area contributed by atoms with Crippen LogP contribution in [0.15, 0.2) is 23.0 Å². The summed E-state index contributed by atoms with van der Waals surface area (Å²) >= 11 is 0. The van der Waals surface area contributed by atoms with Crippen molar-refractivity contribution in [2.45, 2.75) is 39.2 Å². The van der Waals surface area contributed by atoms with E-state index < -0.39 is 17.0 Å². The topological polar surface area (TPSA) is 142 Å². The number of H-pyrrole nitrogens is 1. The molecular formula is C21H24FN5O2. The van der Waals surface area contributed by atoms with Crippen LogP contribution in [0.5, 0.6) is 0 Å². The standard InChI is InChI=1S/C21H24FN5O2/c1-10-8-15-19(26-14(10)6-7-21(2,3)29)16(18(25)20(28)27-15)11-4-5-13(22)17(24)12(11)9-23/h4-5,8-9,23,29H,6-7,24-25H2,1-3H3,(H,27,28). The van der Waals surface area contributed by atoms with Crippen molar-refractivity contribution in [1.29, 1.82) is 5.41 Å². The SMILES string of the molecule is Cc1cc2[nH]c(=O)c(N)c(-c3ccc(F)c(N)c3C=N)c2nc1CCC(C)(C)O. The van der Waals surface area contributed by atoms with Crippen molar-refractivity contribution in [3.63, 3.8) is 0 Å². The zero-order valence-electron chi connectivity index (χ0n) is 16.6. The van der Waals surface area contributed by atoms with Gasteiger partial charge in [0.1, 0.15) is 11.5 Å². The maximum Gasteiger partial charge on any atom is 0.272 e. The highest BCUT2D eigenvalue weighted by atomic mass is 19.1. The zero-order valence-corrected chi connectivity index (χ0v) is 16.6. The van der Waals surface area contributed by atoms with Crippen LogP contribution in [0.25, 0.3) is 22.2 Å². The van der Waals surface area contributed by atoms with E-state index in [1.54, 1.807) is 19.9 Å². The van der Waals surface area contributed by atoms with Crippen LogP contribution < -0.4 is 17.0 Å². The average Bonchev–Trinajstić information content (AvgIpc) is 2.63. The maximum atomic E-state index is 13.9. The number of hydrogen-bond donors (Lipinski definition) is 5. The summed E-state index contributed by atoms with van der Waals surface area (Å²) in [5, 5.41) is 17.7. The number of rotatable bonds is 5. The molecular weight excluding hydrogens is 373 g/mol. The molecule has 8 heteroatoms. The van der Waals surface area contributed by atoms with Gasteiger partial charge in [-0.05, 0) is 56.9 Å². The quantitative estimate of drug-likeness (QED) is 0.332. The summed E-state index contributed by atoms with van der Waals surface area (Å²) in [6.07, 6.45) is 1.95. The monoisotopic (exact) mass is 397 g/mol. The Balaban J connectivity index is 2.34. The molecule has 0 saturated heterocycles. The zero-order chi connectivity index (χ0) is 21.5. The number of nitrogens with zero attached hydrogens (tertiary/aromatic N) is 1. The Morgan fingerprint density at radius 3 is 2.62 bits per heavy atom. The first-order chi connectivity index (χ1) is 13.5. The van der Waals surface area contributed by atoms with Gasteiger partial charge in [-0.1, -0.05) is 6.07 Å². The summed E-state index contributed by atoms with van der Waals surface area (Å²) in [5.74, 6) is -0.658. The van der Waals surface area contributed by atoms with Crippen molar-refractivity contribution in [2.24, 2.45) is 0 Å². The van der Waals surface area contributed by atoms with Crippen LogP contribution in [0.1, 0.15) is 37.1 Å². The molecule has 0 aliphatic heterocycles. The number of halogens is 1. The van der Waals surface area contributed by atoms with E-state index in [4.69, 9.17) is 21.9 Å². The molecule has 0 aliphatic carbocycles. The Morgan fingerprint density at radius 1 is 1.31 bits per heavy atom. The number of hydrogen-bond acceptors (Lipinski definition) is 6. The molecule has 7 N–H and O–H groups in total. The average molecular weight is 397 g/mol. The molecule has 0 atom stereocenters. The second-order valence-corrected chi connectivity index (χ2v) is 7.77. The van der Waals surface area contributed by atoms with Gasteiger partial charge < -0.3 is 27.0 Å². The molecule has 0 saturated carbocycles. The summed E-state index contributed by atoms with van der Waals surface area (Å²) < 4.78 is 13.9. The van der Waals surface area contributed by atoms with Crippen LogP contribution in [0.3, 0.4) is 0 Å². The molecule has 29 heavy (non-hydrogen) atoms. The summed E-state index contributed by atoms with van der Waals surface area (Å²) in [6, 6.07) is 4.41. The molecule has 3 rings (SSSR count). The number of nitrogens with two attached hydrogens (primary N) is 2. The van der Waals surface area contributed by atoms with Crippen molar-refractivity contribution < 1.29 is 9.50 Å². The van der Waals surface area contributed by atoms with Crippen molar-refractivity contribution in [1.82, 2.24) is 9.97 Å². The van der Waals surface area contributed by atoms with Gasteiger partial charge in [0.2, 0.25) is 0 Å². The van der Waals surface area contributed by atoms with E-state index in [1.165, 1.54) is 12.1 Å². The van der Waals surface area contributed by atoms with E-state index >= 15 is 0 Å². The lowest BCUT2D eigenvalue weighted by Gasteiger charge is -2.18. The Morgan fingerprint density at radius 2 is 2.00 bits per heavy atom. The largest absolute Gasteiger partial charge is 0.396 e. The molecule has 0 spiro atoms. The van der Waals surface area contributed by atoms with Crippen LogP contribution in [-0.4, -0.2) is 26.9 Å². The first kappa shape index (κ1) is 20.5. The minimum Gasteiger partial charge on any atom is -0.396 e. The molecule has 0 radical (unpaired) electrons. The Hall–Kier alpha value is -3.26. The second-order valence-electron chi connectivity index (χ2n) is 7.77. The minimum absolute atomic E-state index is 0.0867. The number of nitrogens with one attached hydrogen (secondary N) is 2. The van der Waals surface area contributed by atoms with Gasteiger partial charge in [0.05, 0.1) is 22.3 Å². The number of fused-ring (bicyclic) bond motifs is 1. The minimum atomic E-state index is -0.852. The van der Waals surface area contributed by atoms with Gasteiger partial charge in [0, 0.05) is 23.0 Å². The van der Waals surface area contributed by atoms with Crippen LogP contribution in [0.4, 0.5) is 15.8 Å². The van der Waals surface area contributed by atoms with Crippen LogP contribution in [0.2, 0.25) is 0 Å². The van der Waals surface area contributed by atoms with E-state index in [2.05, 4.69) is 4.98 Å². The summed E-state index contributed by atoms with van der Waals surface area (Å²) in [4.78, 5) is 19.9. The molecule has 3 aromatic rings. The third kappa shape index (κ3) is 3.84. The van der Waals surface area contributed by atoms with E-state index in [-0.39, 0.29) is 16.9 Å². The van der Waals surface area contributed by atoms with Gasteiger partial charge in [-0.2, -0.15) is 0 Å². The van der Waals surface area contributed by atoms with E-state index in [0.717, 1.165) is 17.5 Å². The second kappa shape index (κ2) is 7.29. The molecule has 2 heterocycles. The Bertz CT molecular complexity index is 1180. The number of benzene rings is 1. The molecule has 7 nitrogen and oxygen atoms in total. The molecule has 0 aliphatic rings. The van der Waals surface area contributed by atoms with E-state index in [0.29, 0.717) is 35.0 Å². The van der Waals surface area contributed by atoms with Gasteiger partial charge in [0.25, 0.3) is 5.56 Å². The smallest absolute Gasteiger partial charge is 0.272 e. The number of aromatic amines is 1. The third-order valence-electron chi connectivity index (χ3n) is 4.94. The normalized spacial score (nSPS) is 11.8. The molecule has 0 amide bonds. The van der Waals surface area contributed by atoms with E-state index in [9.17, 15) is 14.3 Å². The number of pyridine rings is 2. The molecule has 152 valence electrons. The van der Waals surface area contributed by atoms with Gasteiger partial charge >= 0.3 is 0 Å². The highest BCUT2D eigenvalue weighted by molar-refractivity contribution is 6.05. The molecule has 2 aromatic heterocycles. The fraction of sp³-hybridized carbons (Fsp3) is 0.286. The molecule has 0 bridgehead atoms. The number of nitrogen functional groups attached to an aromatic ring is 2. The third-order valence-corrected chi connectivity index (χ3v) is 4.94. The molecule has 0 unspecified atom stereocenters. The van der Waals surface area contributed by atoms with Crippen molar-refractivity contribution in [3.8, 4) is 11.1 Å². The first-order valence-corrected chi connectivity index (χ1v) is 9.16. The number of aromatic nitrogens is 2. The summed E-state index contributed by atoms with van der Waals surface area (Å²) in [6.45, 7) is 5.32. The van der Waals surface area contributed by atoms with Gasteiger partial charge in [-0.3, -0.25) is 9.78 Å². The molecule has 0 fully saturated rings. The predicted octanol–water partition coefficient (Wildman–Crippen LogP) is 2.90. The van der Waals surface area contributed by atoms with Crippen LogP contribution in [0, 0.1) is 18.2 Å². The van der Waals surface area contributed by atoms with Gasteiger partial charge in [0.15, 0.2) is 0 Å². The summed E-state index contributed by atoms with van der Waals surface area (Å²) in [5.41, 5.74) is 13.6. The van der Waals surface area contributed by atoms with Crippen LogP contribution in [-0.2, 0) is 6.42 Å². The van der Waals surface area contributed by atoms with Gasteiger partial charge in [-0.25, -0.2) is 4.39 Å². The van der Waals surface area contributed by atoms with Crippen molar-refractivity contribution in [3.05, 3.63) is 51.2 Å². The first-order valence-electron chi connectivity index (χ1n) is 9.16. The highest BCUT2D eigenvalue weighted by Gasteiger charge is 2.20. The van der Waals surface area contributed by atoms with Gasteiger partial charge in [-0.15, -0.1) is 0 Å². The highest BCUT2D eigenvalue weighted by Crippen LogP contribution is 2.35. The van der Waals surface area contributed by atoms with Crippen molar-refractivity contribution >= 4 is 28.6 Å². The number of aryl methyl sites for hydroxylation is 2. The Kier molecular flexibility index (Phi) is 5.15. The molecule has 1 aromatic carbocycles. The fourth-order valence-corrected chi connectivity index (χ4v) is 3.30.